The molecule has 2 rings (SSSR count). The van der Waals surface area contributed by atoms with Crippen molar-refractivity contribution in [3.05, 3.63) is 57.8 Å². The largest absolute Gasteiger partial charge is 0.497 e. The van der Waals surface area contributed by atoms with Crippen LogP contribution < -0.4 is 20.7 Å². The predicted molar refractivity (Wildman–Crippen MR) is 82.8 cm³/mol. The first-order valence-corrected chi connectivity index (χ1v) is 7.02. The normalized spacial score (nSPS) is 12.0. The third-order valence-corrected chi connectivity index (χ3v) is 3.83. The van der Waals surface area contributed by atoms with E-state index in [0.717, 1.165) is 11.1 Å². The molecule has 4 nitrogen and oxygen atoms in total. The van der Waals surface area contributed by atoms with Crippen LogP contribution in [0.4, 0.5) is 4.39 Å². The minimum absolute atomic E-state index is 0.315. The van der Waals surface area contributed by atoms with Crippen LogP contribution in [0.25, 0.3) is 0 Å². The molecule has 0 aliphatic heterocycles. The van der Waals surface area contributed by atoms with Crippen molar-refractivity contribution in [1.29, 1.82) is 0 Å². The Morgan fingerprint density at radius 1 is 1.10 bits per heavy atom. The Hall–Kier alpha value is -1.63. The Balaban J connectivity index is 2.50. The maximum absolute atomic E-state index is 13.2. The van der Waals surface area contributed by atoms with E-state index < -0.39 is 0 Å². The smallest absolute Gasteiger partial charge is 0.124 e. The molecule has 2 aromatic rings. The summed E-state index contributed by atoms with van der Waals surface area (Å²) in [5.74, 6) is 6.68. The molecule has 6 heteroatoms. The van der Waals surface area contributed by atoms with Crippen LogP contribution in [0.3, 0.4) is 0 Å². The quantitative estimate of drug-likeness (QED) is 0.639. The van der Waals surface area contributed by atoms with E-state index in [2.05, 4.69) is 21.4 Å². The summed E-state index contributed by atoms with van der Waals surface area (Å²) in [7, 11) is 3.16. The zero-order valence-corrected chi connectivity index (χ0v) is 13.3. The molecular weight excluding hydrogens is 339 g/mol. The van der Waals surface area contributed by atoms with Gasteiger partial charge in [0.1, 0.15) is 17.3 Å². The number of methoxy groups -OCH3 is 2. The monoisotopic (exact) mass is 354 g/mol. The van der Waals surface area contributed by atoms with Gasteiger partial charge in [-0.2, -0.15) is 0 Å². The zero-order chi connectivity index (χ0) is 15.4. The van der Waals surface area contributed by atoms with Crippen LogP contribution in [0, 0.1) is 5.82 Å². The van der Waals surface area contributed by atoms with Crippen molar-refractivity contribution in [3.8, 4) is 11.5 Å². The number of benzene rings is 2. The Morgan fingerprint density at radius 2 is 1.71 bits per heavy atom. The summed E-state index contributed by atoms with van der Waals surface area (Å²) in [6.07, 6.45) is 0. The fourth-order valence-corrected chi connectivity index (χ4v) is 2.68. The van der Waals surface area contributed by atoms with Gasteiger partial charge in [-0.05, 0) is 35.4 Å². The SMILES string of the molecule is COc1cc(OC)cc(C(NN)c2ccc(F)cc2Br)c1. The van der Waals surface area contributed by atoms with Gasteiger partial charge in [0, 0.05) is 10.5 Å². The van der Waals surface area contributed by atoms with Crippen LogP contribution in [0.5, 0.6) is 11.5 Å². The molecule has 0 spiro atoms. The molecule has 0 fully saturated rings. The lowest BCUT2D eigenvalue weighted by Gasteiger charge is -2.20. The van der Waals surface area contributed by atoms with Gasteiger partial charge in [-0.15, -0.1) is 0 Å². The van der Waals surface area contributed by atoms with Gasteiger partial charge in [0.05, 0.1) is 20.3 Å². The lowest BCUT2D eigenvalue weighted by molar-refractivity contribution is 0.392. The Bertz CT molecular complexity index is 615. The number of hydrogen-bond donors (Lipinski definition) is 2. The van der Waals surface area contributed by atoms with Crippen LogP contribution >= 0.6 is 15.9 Å². The van der Waals surface area contributed by atoms with Gasteiger partial charge >= 0.3 is 0 Å². The van der Waals surface area contributed by atoms with Crippen molar-refractivity contribution in [2.75, 3.05) is 14.2 Å². The summed E-state index contributed by atoms with van der Waals surface area (Å²) < 4.78 is 24.4. The van der Waals surface area contributed by atoms with Crippen molar-refractivity contribution in [2.24, 2.45) is 5.84 Å². The highest BCUT2D eigenvalue weighted by Crippen LogP contribution is 2.33. The molecule has 1 atom stereocenters. The summed E-state index contributed by atoms with van der Waals surface area (Å²) in [5.41, 5.74) is 4.40. The molecule has 0 aliphatic carbocycles. The number of hydrazine groups is 1. The summed E-state index contributed by atoms with van der Waals surface area (Å²) >= 11 is 3.36. The first kappa shape index (κ1) is 15.8. The van der Waals surface area contributed by atoms with Crippen molar-refractivity contribution in [3.63, 3.8) is 0 Å². The van der Waals surface area contributed by atoms with Crippen LogP contribution in [-0.2, 0) is 0 Å². The summed E-state index contributed by atoms with van der Waals surface area (Å²) in [4.78, 5) is 0. The molecule has 0 bridgehead atoms. The first-order valence-electron chi connectivity index (χ1n) is 6.23. The van der Waals surface area contributed by atoms with E-state index >= 15 is 0 Å². The molecule has 21 heavy (non-hydrogen) atoms. The Kier molecular flexibility index (Phi) is 5.17. The number of nitrogens with one attached hydrogen (secondary N) is 1. The molecule has 2 aromatic carbocycles. The zero-order valence-electron chi connectivity index (χ0n) is 11.7. The van der Waals surface area contributed by atoms with Crippen LogP contribution in [0.15, 0.2) is 40.9 Å². The first-order chi connectivity index (χ1) is 10.1. The molecule has 112 valence electrons. The van der Waals surface area contributed by atoms with E-state index in [0.29, 0.717) is 16.0 Å². The molecule has 1 unspecified atom stereocenters. The van der Waals surface area contributed by atoms with Crippen molar-refractivity contribution in [1.82, 2.24) is 5.43 Å². The molecule has 0 amide bonds. The molecule has 0 aliphatic rings. The average Bonchev–Trinajstić information content (AvgIpc) is 2.49. The second-order valence-corrected chi connectivity index (χ2v) is 5.27. The number of ether oxygens (including phenoxy) is 2. The highest BCUT2D eigenvalue weighted by molar-refractivity contribution is 9.10. The summed E-state index contributed by atoms with van der Waals surface area (Å²) in [6.45, 7) is 0. The third kappa shape index (κ3) is 3.53. The topological polar surface area (TPSA) is 56.5 Å². The van der Waals surface area contributed by atoms with E-state index in [1.165, 1.54) is 12.1 Å². The van der Waals surface area contributed by atoms with Crippen molar-refractivity contribution in [2.45, 2.75) is 6.04 Å². The van der Waals surface area contributed by atoms with Gasteiger partial charge in [0.25, 0.3) is 0 Å². The summed E-state index contributed by atoms with van der Waals surface area (Å²) in [5, 5.41) is 0. The number of nitrogens with two attached hydrogens (primary N) is 1. The van der Waals surface area contributed by atoms with Gasteiger partial charge in [-0.25, -0.2) is 9.82 Å². The fraction of sp³-hybridized carbons (Fsp3) is 0.200. The maximum Gasteiger partial charge on any atom is 0.124 e. The second-order valence-electron chi connectivity index (χ2n) is 4.41. The van der Waals surface area contributed by atoms with Crippen molar-refractivity contribution < 1.29 is 13.9 Å². The van der Waals surface area contributed by atoms with E-state index in [-0.39, 0.29) is 11.9 Å². The molecule has 0 saturated heterocycles. The van der Waals surface area contributed by atoms with Crippen LogP contribution in [-0.4, -0.2) is 14.2 Å². The van der Waals surface area contributed by atoms with Gasteiger partial charge in [0.2, 0.25) is 0 Å². The van der Waals surface area contributed by atoms with E-state index in [1.807, 2.05) is 12.1 Å². The van der Waals surface area contributed by atoms with E-state index in [1.54, 1.807) is 26.4 Å². The van der Waals surface area contributed by atoms with Gasteiger partial charge in [-0.3, -0.25) is 5.84 Å². The molecule has 0 aromatic heterocycles. The fourth-order valence-electron chi connectivity index (χ4n) is 2.10. The highest BCUT2D eigenvalue weighted by atomic mass is 79.9. The number of rotatable bonds is 5. The van der Waals surface area contributed by atoms with Gasteiger partial charge in [-0.1, -0.05) is 22.0 Å². The Morgan fingerprint density at radius 3 is 2.19 bits per heavy atom. The predicted octanol–water partition coefficient (Wildman–Crippen LogP) is 3.16. The lowest BCUT2D eigenvalue weighted by atomic mass is 9.98. The van der Waals surface area contributed by atoms with E-state index in [9.17, 15) is 4.39 Å². The minimum Gasteiger partial charge on any atom is -0.497 e. The standard InChI is InChI=1S/C15H16BrFN2O2/c1-20-11-5-9(6-12(8-11)21-2)15(19-18)13-4-3-10(17)7-14(13)16/h3-8,15,19H,18H2,1-2H3. The Labute approximate surface area is 131 Å². The average molecular weight is 355 g/mol. The van der Waals surface area contributed by atoms with Crippen LogP contribution in [0.2, 0.25) is 0 Å². The molecule has 0 radical (unpaired) electrons. The van der Waals surface area contributed by atoms with Crippen LogP contribution in [0.1, 0.15) is 17.2 Å². The number of halogens is 2. The lowest BCUT2D eigenvalue weighted by Crippen LogP contribution is -2.29. The molecule has 0 saturated carbocycles. The van der Waals surface area contributed by atoms with Gasteiger partial charge in [0.15, 0.2) is 0 Å². The highest BCUT2D eigenvalue weighted by Gasteiger charge is 2.17. The minimum atomic E-state index is -0.330. The second kappa shape index (κ2) is 6.89. The van der Waals surface area contributed by atoms with Gasteiger partial charge < -0.3 is 9.47 Å². The third-order valence-electron chi connectivity index (χ3n) is 3.15. The molecule has 0 heterocycles. The summed E-state index contributed by atoms with van der Waals surface area (Å²) in [6, 6.07) is 9.61. The van der Waals surface area contributed by atoms with E-state index in [4.69, 9.17) is 15.3 Å². The molecule has 3 N–H and O–H groups in total. The maximum atomic E-state index is 13.2. The van der Waals surface area contributed by atoms with Crippen molar-refractivity contribution >= 4 is 15.9 Å². The molecular formula is C15H16BrFN2O2. The number of hydrogen-bond acceptors (Lipinski definition) is 4.